The molecule has 33 heavy (non-hydrogen) atoms. The first-order chi connectivity index (χ1) is 16.1. The maximum Gasteiger partial charge on any atom is 0.295 e. The number of hydrogen-bond acceptors (Lipinski definition) is 7. The van der Waals surface area contributed by atoms with Crippen LogP contribution in [0.1, 0.15) is 22.7 Å². The Morgan fingerprint density at radius 1 is 1.12 bits per heavy atom. The van der Waals surface area contributed by atoms with Crippen LogP contribution in [0.25, 0.3) is 5.76 Å². The highest BCUT2D eigenvalue weighted by molar-refractivity contribution is 6.46. The summed E-state index contributed by atoms with van der Waals surface area (Å²) < 4.78 is 16.1. The van der Waals surface area contributed by atoms with Gasteiger partial charge in [-0.05, 0) is 35.9 Å². The van der Waals surface area contributed by atoms with Gasteiger partial charge in [0.15, 0.2) is 11.5 Å². The summed E-state index contributed by atoms with van der Waals surface area (Å²) in [5, 5.41) is 11.2. The Bertz CT molecular complexity index is 1270. The summed E-state index contributed by atoms with van der Waals surface area (Å²) in [6, 6.07) is 14.8. The van der Waals surface area contributed by atoms with E-state index in [0.717, 1.165) is 5.56 Å². The molecule has 2 aliphatic heterocycles. The largest absolute Gasteiger partial charge is 0.507 e. The zero-order valence-corrected chi connectivity index (χ0v) is 17.7. The van der Waals surface area contributed by atoms with Crippen molar-refractivity contribution in [2.75, 3.05) is 13.9 Å². The lowest BCUT2D eigenvalue weighted by molar-refractivity contribution is -0.140. The second-order valence-electron chi connectivity index (χ2n) is 7.59. The van der Waals surface area contributed by atoms with Gasteiger partial charge >= 0.3 is 0 Å². The average Bonchev–Trinajstić information content (AvgIpc) is 3.42. The number of fused-ring (bicyclic) bond motifs is 1. The van der Waals surface area contributed by atoms with Crippen molar-refractivity contribution in [3.8, 4) is 17.2 Å². The SMILES string of the molecule is COc1ccccc1CN1C(=O)C(=O)/C(=C(\O)c2ccc3c(c2)OCO3)C1c1cccnc1. The number of aromatic nitrogens is 1. The lowest BCUT2D eigenvalue weighted by atomic mass is 9.96. The Labute approximate surface area is 189 Å². The summed E-state index contributed by atoms with van der Waals surface area (Å²) >= 11 is 0. The van der Waals surface area contributed by atoms with Crippen LogP contribution in [0.15, 0.2) is 72.6 Å². The molecule has 1 aromatic heterocycles. The quantitative estimate of drug-likeness (QED) is 0.366. The molecule has 5 rings (SSSR count). The van der Waals surface area contributed by atoms with Crippen molar-refractivity contribution >= 4 is 17.4 Å². The molecule has 1 atom stereocenters. The molecule has 0 spiro atoms. The lowest BCUT2D eigenvalue weighted by Gasteiger charge is -2.25. The zero-order valence-electron chi connectivity index (χ0n) is 17.7. The number of aliphatic hydroxyl groups excluding tert-OH is 1. The van der Waals surface area contributed by atoms with Gasteiger partial charge < -0.3 is 24.2 Å². The number of rotatable bonds is 5. The van der Waals surface area contributed by atoms with Gasteiger partial charge in [0.1, 0.15) is 11.5 Å². The molecule has 3 heterocycles. The number of ether oxygens (including phenoxy) is 3. The van der Waals surface area contributed by atoms with Crippen LogP contribution in [0.3, 0.4) is 0 Å². The van der Waals surface area contributed by atoms with Crippen LogP contribution in [0.4, 0.5) is 0 Å². The molecule has 0 saturated carbocycles. The van der Waals surface area contributed by atoms with Crippen molar-refractivity contribution in [1.29, 1.82) is 0 Å². The molecule has 1 N–H and O–H groups in total. The Morgan fingerprint density at radius 2 is 1.94 bits per heavy atom. The van der Waals surface area contributed by atoms with E-state index >= 15 is 0 Å². The summed E-state index contributed by atoms with van der Waals surface area (Å²) in [4.78, 5) is 31.9. The number of pyridine rings is 1. The number of methoxy groups -OCH3 is 1. The highest BCUT2D eigenvalue weighted by atomic mass is 16.7. The number of hydrogen-bond donors (Lipinski definition) is 1. The molecule has 1 saturated heterocycles. The number of amides is 1. The van der Waals surface area contributed by atoms with Crippen molar-refractivity contribution in [2.24, 2.45) is 0 Å². The monoisotopic (exact) mass is 444 g/mol. The fraction of sp³-hybridized carbons (Fsp3) is 0.160. The predicted octanol–water partition coefficient (Wildman–Crippen LogP) is 3.44. The number of likely N-dealkylation sites (tertiary alicyclic amines) is 1. The Hall–Kier alpha value is -4.33. The minimum absolute atomic E-state index is 0.0123. The van der Waals surface area contributed by atoms with E-state index in [0.29, 0.717) is 28.4 Å². The summed E-state index contributed by atoms with van der Waals surface area (Å²) in [7, 11) is 1.55. The van der Waals surface area contributed by atoms with Crippen molar-refractivity contribution < 1.29 is 28.9 Å². The van der Waals surface area contributed by atoms with E-state index in [1.165, 1.54) is 4.90 Å². The molecule has 1 amide bonds. The van der Waals surface area contributed by atoms with E-state index in [1.54, 1.807) is 55.9 Å². The minimum atomic E-state index is -0.825. The molecule has 8 nitrogen and oxygen atoms in total. The van der Waals surface area contributed by atoms with Crippen LogP contribution in [0, 0.1) is 0 Å². The second-order valence-corrected chi connectivity index (χ2v) is 7.59. The number of nitrogens with zero attached hydrogens (tertiary/aromatic N) is 2. The second kappa shape index (κ2) is 8.31. The van der Waals surface area contributed by atoms with E-state index in [2.05, 4.69) is 4.98 Å². The van der Waals surface area contributed by atoms with Gasteiger partial charge in [-0.1, -0.05) is 24.3 Å². The van der Waals surface area contributed by atoms with Crippen LogP contribution < -0.4 is 14.2 Å². The molecule has 0 radical (unpaired) electrons. The van der Waals surface area contributed by atoms with Crippen LogP contribution in [-0.4, -0.2) is 40.6 Å². The van der Waals surface area contributed by atoms with Crippen LogP contribution in [-0.2, 0) is 16.1 Å². The molecule has 0 bridgehead atoms. The molecule has 2 aromatic carbocycles. The maximum absolute atomic E-state index is 13.2. The van der Waals surface area contributed by atoms with E-state index in [1.807, 2.05) is 18.2 Å². The molecular formula is C25H20N2O6. The molecular weight excluding hydrogens is 424 g/mol. The number of benzene rings is 2. The van der Waals surface area contributed by atoms with Crippen molar-refractivity contribution in [3.63, 3.8) is 0 Å². The first-order valence-corrected chi connectivity index (χ1v) is 10.3. The predicted molar refractivity (Wildman–Crippen MR) is 118 cm³/mol. The summed E-state index contributed by atoms with van der Waals surface area (Å²) in [6.45, 7) is 0.199. The van der Waals surface area contributed by atoms with Gasteiger partial charge in [-0.3, -0.25) is 14.6 Å². The molecule has 0 aliphatic carbocycles. The normalized spacial score (nSPS) is 18.6. The number of para-hydroxylation sites is 1. The Balaban J connectivity index is 1.63. The smallest absolute Gasteiger partial charge is 0.295 e. The topological polar surface area (TPSA) is 98.2 Å². The minimum Gasteiger partial charge on any atom is -0.507 e. The summed E-state index contributed by atoms with van der Waals surface area (Å²) in [6.07, 6.45) is 3.19. The molecule has 1 unspecified atom stereocenters. The standard InChI is InChI=1S/C25H20N2O6/c1-31-18-7-3-2-5-17(18)13-27-22(16-6-4-10-26-12-16)21(24(29)25(27)30)23(28)15-8-9-19-20(11-15)33-14-32-19/h2-12,22,28H,13-14H2,1H3/b23-21-. The van der Waals surface area contributed by atoms with E-state index < -0.39 is 17.7 Å². The van der Waals surface area contributed by atoms with Crippen molar-refractivity contribution in [2.45, 2.75) is 12.6 Å². The zero-order chi connectivity index (χ0) is 22.9. The van der Waals surface area contributed by atoms with Crippen LogP contribution in [0.5, 0.6) is 17.2 Å². The molecule has 8 heteroatoms. The van der Waals surface area contributed by atoms with E-state index in [9.17, 15) is 14.7 Å². The van der Waals surface area contributed by atoms with Crippen molar-refractivity contribution in [1.82, 2.24) is 9.88 Å². The third-order valence-electron chi connectivity index (χ3n) is 5.72. The van der Waals surface area contributed by atoms with Gasteiger partial charge in [0.25, 0.3) is 11.7 Å². The Kier molecular flexibility index (Phi) is 5.18. The summed E-state index contributed by atoms with van der Waals surface area (Å²) in [5.74, 6) is -0.165. The molecule has 2 aliphatic rings. The van der Waals surface area contributed by atoms with Gasteiger partial charge in [-0.2, -0.15) is 0 Å². The number of Topliss-reactive ketones (excluding diaryl/α,β-unsaturated/α-hetero) is 1. The highest BCUT2D eigenvalue weighted by Gasteiger charge is 2.46. The molecule has 166 valence electrons. The highest BCUT2D eigenvalue weighted by Crippen LogP contribution is 2.42. The van der Waals surface area contributed by atoms with E-state index in [4.69, 9.17) is 14.2 Å². The average molecular weight is 444 g/mol. The first kappa shape index (κ1) is 20.6. The van der Waals surface area contributed by atoms with Crippen LogP contribution >= 0.6 is 0 Å². The number of aliphatic hydroxyl groups is 1. The number of carbonyl (C=O) groups excluding carboxylic acids is 2. The molecule has 3 aromatic rings. The first-order valence-electron chi connectivity index (χ1n) is 10.3. The van der Waals surface area contributed by atoms with Gasteiger partial charge in [0.05, 0.1) is 25.3 Å². The van der Waals surface area contributed by atoms with Crippen molar-refractivity contribution in [3.05, 3.63) is 89.3 Å². The third-order valence-corrected chi connectivity index (χ3v) is 5.72. The Morgan fingerprint density at radius 3 is 2.73 bits per heavy atom. The van der Waals surface area contributed by atoms with Gasteiger partial charge in [0.2, 0.25) is 6.79 Å². The maximum atomic E-state index is 13.2. The van der Waals surface area contributed by atoms with E-state index in [-0.39, 0.29) is 24.7 Å². The summed E-state index contributed by atoms with van der Waals surface area (Å²) in [5.41, 5.74) is 1.68. The number of ketones is 1. The van der Waals surface area contributed by atoms with Gasteiger partial charge in [0, 0.05) is 23.5 Å². The van der Waals surface area contributed by atoms with Gasteiger partial charge in [-0.25, -0.2) is 0 Å². The molecule has 1 fully saturated rings. The fourth-order valence-electron chi connectivity index (χ4n) is 4.14. The fourth-order valence-corrected chi connectivity index (χ4v) is 4.14. The lowest BCUT2D eigenvalue weighted by Crippen LogP contribution is -2.29. The third kappa shape index (κ3) is 3.55. The van der Waals surface area contributed by atoms with Gasteiger partial charge in [-0.15, -0.1) is 0 Å². The van der Waals surface area contributed by atoms with Crippen LogP contribution in [0.2, 0.25) is 0 Å². The number of carbonyl (C=O) groups is 2.